The van der Waals surface area contributed by atoms with E-state index in [1.54, 1.807) is 7.11 Å². The van der Waals surface area contributed by atoms with Crippen LogP contribution >= 0.6 is 0 Å². The van der Waals surface area contributed by atoms with Gasteiger partial charge in [-0.25, -0.2) is 0 Å². The molecule has 2 fully saturated rings. The van der Waals surface area contributed by atoms with Gasteiger partial charge in [-0.3, -0.25) is 19.4 Å². The van der Waals surface area contributed by atoms with Gasteiger partial charge in [0.25, 0.3) is 11.8 Å². The molecular formula is C24H33N3O5. The van der Waals surface area contributed by atoms with E-state index in [1.807, 2.05) is 43.0 Å². The number of benzene rings is 1. The topological polar surface area (TPSA) is 71.6 Å². The van der Waals surface area contributed by atoms with Crippen LogP contribution in [0, 0.1) is 0 Å². The molecule has 0 aromatic heterocycles. The molecule has 1 aromatic carbocycles. The summed E-state index contributed by atoms with van der Waals surface area (Å²) in [7, 11) is 1.58. The Hall–Kier alpha value is -2.42. The number of ether oxygens (including phenoxy) is 3. The summed E-state index contributed by atoms with van der Waals surface area (Å²) in [6, 6.07) is 7.40. The lowest BCUT2D eigenvalue weighted by Gasteiger charge is -2.37. The molecule has 2 unspecified atom stereocenters. The summed E-state index contributed by atoms with van der Waals surface area (Å²) >= 11 is 0. The average Bonchev–Trinajstić information content (AvgIpc) is 3.03. The van der Waals surface area contributed by atoms with Crippen molar-refractivity contribution in [2.45, 2.75) is 32.5 Å². The monoisotopic (exact) mass is 443 g/mol. The third-order valence-electron chi connectivity index (χ3n) is 6.22. The molecule has 32 heavy (non-hydrogen) atoms. The highest BCUT2D eigenvalue weighted by molar-refractivity contribution is 6.36. The van der Waals surface area contributed by atoms with Crippen molar-refractivity contribution in [3.63, 3.8) is 0 Å². The van der Waals surface area contributed by atoms with Crippen LogP contribution in [0.5, 0.6) is 5.75 Å². The van der Waals surface area contributed by atoms with Gasteiger partial charge in [-0.05, 0) is 26.3 Å². The molecule has 0 spiro atoms. The number of morpholine rings is 2. The maximum atomic E-state index is 13.6. The van der Waals surface area contributed by atoms with Gasteiger partial charge in [-0.1, -0.05) is 18.2 Å². The third-order valence-corrected chi connectivity index (χ3v) is 6.22. The predicted molar refractivity (Wildman–Crippen MR) is 120 cm³/mol. The van der Waals surface area contributed by atoms with E-state index >= 15 is 0 Å². The van der Waals surface area contributed by atoms with Gasteiger partial charge in [0.15, 0.2) is 0 Å². The fourth-order valence-corrected chi connectivity index (χ4v) is 4.79. The second kappa shape index (κ2) is 10.0. The SMILES string of the molecule is COc1ccccc1C1=C(N2CC(C)OC(C)C2)C(=O)N(CCCN2CCOCC2)C1=O. The zero-order valence-corrected chi connectivity index (χ0v) is 19.2. The Labute approximate surface area is 189 Å². The molecule has 2 atom stereocenters. The Morgan fingerprint density at radius 1 is 1.00 bits per heavy atom. The number of carbonyl (C=O) groups is 2. The minimum Gasteiger partial charge on any atom is -0.496 e. The Kier molecular flexibility index (Phi) is 7.13. The van der Waals surface area contributed by atoms with E-state index < -0.39 is 0 Å². The van der Waals surface area contributed by atoms with Gasteiger partial charge in [0.05, 0.1) is 38.1 Å². The summed E-state index contributed by atoms with van der Waals surface area (Å²) in [6.07, 6.45) is 0.687. The molecule has 1 aromatic rings. The van der Waals surface area contributed by atoms with Gasteiger partial charge < -0.3 is 19.1 Å². The lowest BCUT2D eigenvalue weighted by molar-refractivity contribution is -0.138. The molecule has 3 aliphatic rings. The van der Waals surface area contributed by atoms with E-state index in [1.165, 1.54) is 4.90 Å². The molecule has 3 heterocycles. The van der Waals surface area contributed by atoms with E-state index in [0.717, 1.165) is 39.3 Å². The Bertz CT molecular complexity index is 870. The zero-order chi connectivity index (χ0) is 22.7. The highest BCUT2D eigenvalue weighted by Gasteiger charge is 2.43. The smallest absolute Gasteiger partial charge is 0.277 e. The van der Waals surface area contributed by atoms with Crippen molar-refractivity contribution in [1.82, 2.24) is 14.7 Å². The van der Waals surface area contributed by atoms with E-state index in [-0.39, 0.29) is 24.0 Å². The zero-order valence-electron chi connectivity index (χ0n) is 19.2. The minimum atomic E-state index is -0.247. The van der Waals surface area contributed by atoms with Crippen molar-refractivity contribution in [3.05, 3.63) is 35.5 Å². The molecule has 0 bridgehead atoms. The molecule has 174 valence electrons. The standard InChI is InChI=1S/C24H33N3O5/c1-17-15-26(16-18(2)32-17)22-21(19-7-4-5-8-20(19)30-3)23(28)27(24(22)29)10-6-9-25-11-13-31-14-12-25/h4-5,7-8,17-18H,6,9-16H2,1-3H3. The maximum absolute atomic E-state index is 13.6. The Balaban J connectivity index is 1.61. The molecule has 8 nitrogen and oxygen atoms in total. The number of carbonyl (C=O) groups excluding carboxylic acids is 2. The lowest BCUT2D eigenvalue weighted by Crippen LogP contribution is -2.47. The fraction of sp³-hybridized carbons (Fsp3) is 0.583. The summed E-state index contributed by atoms with van der Waals surface area (Å²) < 4.78 is 16.8. The number of para-hydroxylation sites is 1. The Morgan fingerprint density at radius 2 is 1.69 bits per heavy atom. The highest BCUT2D eigenvalue weighted by atomic mass is 16.5. The van der Waals surface area contributed by atoms with Gasteiger partial charge in [-0.15, -0.1) is 0 Å². The molecule has 0 saturated carbocycles. The number of nitrogens with zero attached hydrogens (tertiary/aromatic N) is 3. The molecule has 0 aliphatic carbocycles. The van der Waals surface area contributed by atoms with Gasteiger partial charge in [0.1, 0.15) is 11.4 Å². The van der Waals surface area contributed by atoms with E-state index in [0.29, 0.717) is 42.2 Å². The largest absolute Gasteiger partial charge is 0.496 e. The van der Waals surface area contributed by atoms with Crippen LogP contribution in [0.25, 0.3) is 5.57 Å². The molecule has 0 radical (unpaired) electrons. The highest BCUT2D eigenvalue weighted by Crippen LogP contribution is 2.37. The van der Waals surface area contributed by atoms with Crippen LogP contribution in [0.1, 0.15) is 25.8 Å². The number of imide groups is 1. The molecule has 2 saturated heterocycles. The quantitative estimate of drug-likeness (QED) is 0.593. The molecule has 8 heteroatoms. The average molecular weight is 444 g/mol. The van der Waals surface area contributed by atoms with Crippen molar-refractivity contribution in [2.75, 3.05) is 59.6 Å². The number of methoxy groups -OCH3 is 1. The van der Waals surface area contributed by atoms with Gasteiger partial charge in [0.2, 0.25) is 0 Å². The predicted octanol–water partition coefficient (Wildman–Crippen LogP) is 1.61. The summed E-state index contributed by atoms with van der Waals surface area (Å²) in [5.74, 6) is 0.119. The van der Waals surface area contributed by atoms with Crippen molar-refractivity contribution < 1.29 is 23.8 Å². The van der Waals surface area contributed by atoms with Gasteiger partial charge >= 0.3 is 0 Å². The molecular weight excluding hydrogens is 410 g/mol. The van der Waals surface area contributed by atoms with Crippen LogP contribution < -0.4 is 4.74 Å². The van der Waals surface area contributed by atoms with Crippen LogP contribution in [-0.2, 0) is 19.1 Å². The normalized spacial score (nSPS) is 25.1. The van der Waals surface area contributed by atoms with Crippen molar-refractivity contribution >= 4 is 17.4 Å². The second-order valence-electron chi connectivity index (χ2n) is 8.66. The number of rotatable bonds is 7. The summed E-state index contributed by atoms with van der Waals surface area (Å²) in [4.78, 5) is 32.9. The van der Waals surface area contributed by atoms with Crippen molar-refractivity contribution in [3.8, 4) is 5.75 Å². The van der Waals surface area contributed by atoms with E-state index in [4.69, 9.17) is 14.2 Å². The first-order valence-electron chi connectivity index (χ1n) is 11.4. The van der Waals surface area contributed by atoms with Crippen LogP contribution in [0.2, 0.25) is 0 Å². The van der Waals surface area contributed by atoms with Gasteiger partial charge in [-0.2, -0.15) is 0 Å². The molecule has 4 rings (SSSR count). The van der Waals surface area contributed by atoms with Crippen LogP contribution in [0.4, 0.5) is 0 Å². The second-order valence-corrected chi connectivity index (χ2v) is 8.66. The van der Waals surface area contributed by atoms with Gasteiger partial charge in [0, 0.05) is 44.8 Å². The lowest BCUT2D eigenvalue weighted by atomic mass is 10.0. The van der Waals surface area contributed by atoms with E-state index in [2.05, 4.69) is 4.90 Å². The first kappa shape index (κ1) is 22.8. The fourth-order valence-electron chi connectivity index (χ4n) is 4.79. The number of hydrogen-bond acceptors (Lipinski definition) is 7. The van der Waals surface area contributed by atoms with Crippen molar-refractivity contribution in [1.29, 1.82) is 0 Å². The minimum absolute atomic E-state index is 0.0246. The summed E-state index contributed by atoms with van der Waals surface area (Å²) in [5, 5.41) is 0. The van der Waals surface area contributed by atoms with E-state index in [9.17, 15) is 9.59 Å². The number of amides is 2. The summed E-state index contributed by atoms with van der Waals surface area (Å²) in [5.41, 5.74) is 1.55. The summed E-state index contributed by atoms with van der Waals surface area (Å²) in [6.45, 7) is 9.61. The molecule has 3 aliphatic heterocycles. The first-order valence-corrected chi connectivity index (χ1v) is 11.4. The third kappa shape index (κ3) is 4.67. The van der Waals surface area contributed by atoms with Crippen LogP contribution in [0.15, 0.2) is 30.0 Å². The van der Waals surface area contributed by atoms with Crippen molar-refractivity contribution in [2.24, 2.45) is 0 Å². The first-order chi connectivity index (χ1) is 15.5. The van der Waals surface area contributed by atoms with Crippen LogP contribution in [-0.4, -0.2) is 98.3 Å². The molecule has 0 N–H and O–H groups in total. The maximum Gasteiger partial charge on any atom is 0.277 e. The number of hydrogen-bond donors (Lipinski definition) is 0. The molecule has 2 amide bonds. The van der Waals surface area contributed by atoms with Crippen LogP contribution in [0.3, 0.4) is 0 Å². The Morgan fingerprint density at radius 3 is 2.38 bits per heavy atom.